The number of hydrogen-bond donors (Lipinski definition) is 0. The highest BCUT2D eigenvalue weighted by Gasteiger charge is 2.07. The molecule has 2 aromatic rings. The predicted molar refractivity (Wildman–Crippen MR) is 70.7 cm³/mol. The summed E-state index contributed by atoms with van der Waals surface area (Å²) in [6.45, 7) is 3.31. The Morgan fingerprint density at radius 2 is 2.26 bits per heavy atom. The molecule has 1 heterocycles. The van der Waals surface area contributed by atoms with Gasteiger partial charge in [-0.25, -0.2) is 4.39 Å². The summed E-state index contributed by atoms with van der Waals surface area (Å²) in [6, 6.07) is 6.37. The molecule has 0 saturated heterocycles. The van der Waals surface area contributed by atoms with E-state index in [1.807, 2.05) is 13.0 Å². The lowest BCUT2D eigenvalue weighted by molar-refractivity contribution is 0.164. The van der Waals surface area contributed by atoms with E-state index >= 15 is 0 Å². The van der Waals surface area contributed by atoms with Crippen LogP contribution in [0.4, 0.5) is 4.39 Å². The molecule has 102 valence electrons. The van der Waals surface area contributed by atoms with Gasteiger partial charge in [0.2, 0.25) is 5.89 Å². The molecule has 0 bridgehead atoms. The van der Waals surface area contributed by atoms with Gasteiger partial charge >= 0.3 is 0 Å². The van der Waals surface area contributed by atoms with Crippen molar-refractivity contribution >= 4 is 11.8 Å². The molecule has 2 rings (SSSR count). The number of halogens is 1. The molecule has 0 radical (unpaired) electrons. The van der Waals surface area contributed by atoms with Gasteiger partial charge in [-0.3, -0.25) is 0 Å². The van der Waals surface area contributed by atoms with Crippen LogP contribution in [0.15, 0.2) is 33.9 Å². The number of thioether (sulfide) groups is 1. The van der Waals surface area contributed by atoms with Gasteiger partial charge < -0.3 is 9.15 Å². The van der Waals surface area contributed by atoms with E-state index in [0.717, 1.165) is 11.3 Å². The molecular weight excluding hydrogens is 267 g/mol. The van der Waals surface area contributed by atoms with Crippen LogP contribution >= 0.6 is 11.8 Å². The highest BCUT2D eigenvalue weighted by atomic mass is 32.2. The molecule has 0 atom stereocenters. The molecule has 1 aromatic heterocycles. The monoisotopic (exact) mass is 282 g/mol. The Morgan fingerprint density at radius 1 is 1.37 bits per heavy atom. The maximum absolute atomic E-state index is 13.0. The van der Waals surface area contributed by atoms with Crippen molar-refractivity contribution in [1.29, 1.82) is 0 Å². The van der Waals surface area contributed by atoms with Crippen molar-refractivity contribution in [2.45, 2.75) is 18.6 Å². The van der Waals surface area contributed by atoms with Gasteiger partial charge in [-0.05, 0) is 24.6 Å². The normalized spacial score (nSPS) is 10.8. The van der Waals surface area contributed by atoms with Gasteiger partial charge in [-0.15, -0.1) is 10.2 Å². The van der Waals surface area contributed by atoms with Crippen molar-refractivity contribution < 1.29 is 13.5 Å². The Hall–Kier alpha value is -1.40. The molecule has 0 unspecified atom stereocenters. The lowest BCUT2D eigenvalue weighted by Crippen LogP contribution is -1.95. The third kappa shape index (κ3) is 4.65. The van der Waals surface area contributed by atoms with E-state index < -0.39 is 0 Å². The molecule has 0 fully saturated rings. The van der Waals surface area contributed by atoms with Crippen molar-refractivity contribution in [3.05, 3.63) is 41.5 Å². The van der Waals surface area contributed by atoms with Crippen LogP contribution in [0, 0.1) is 5.82 Å². The first kappa shape index (κ1) is 14.0. The molecule has 19 heavy (non-hydrogen) atoms. The maximum Gasteiger partial charge on any atom is 0.276 e. The van der Waals surface area contributed by atoms with Gasteiger partial charge in [0, 0.05) is 12.4 Å². The summed E-state index contributed by atoms with van der Waals surface area (Å²) in [5.41, 5.74) is 0.814. The van der Waals surface area contributed by atoms with Crippen molar-refractivity contribution in [2.75, 3.05) is 19.0 Å². The Kier molecular flexibility index (Phi) is 5.35. The second kappa shape index (κ2) is 7.25. The van der Waals surface area contributed by atoms with Crippen LogP contribution in [0.25, 0.3) is 0 Å². The van der Waals surface area contributed by atoms with Gasteiger partial charge in [-0.2, -0.15) is 0 Å². The van der Waals surface area contributed by atoms with E-state index in [-0.39, 0.29) is 5.82 Å². The highest BCUT2D eigenvalue weighted by molar-refractivity contribution is 7.99. The Bertz CT molecular complexity index is 519. The van der Waals surface area contributed by atoms with Gasteiger partial charge in [0.05, 0.1) is 13.0 Å². The van der Waals surface area contributed by atoms with E-state index in [2.05, 4.69) is 10.2 Å². The SMILES string of the molecule is CCOCCSc1nnc(Cc2cccc(F)c2)o1. The summed E-state index contributed by atoms with van der Waals surface area (Å²) in [5.74, 6) is 1.00. The third-order valence-corrected chi connectivity index (χ3v) is 3.13. The predicted octanol–water partition coefficient (Wildman–Crippen LogP) is 2.93. The van der Waals surface area contributed by atoms with Crippen molar-refractivity contribution in [1.82, 2.24) is 10.2 Å². The van der Waals surface area contributed by atoms with Crippen LogP contribution in [0.3, 0.4) is 0 Å². The van der Waals surface area contributed by atoms with E-state index in [1.54, 1.807) is 6.07 Å². The summed E-state index contributed by atoms with van der Waals surface area (Å²) in [6.07, 6.45) is 0.441. The number of rotatable bonds is 7. The van der Waals surface area contributed by atoms with Crippen LogP contribution in [-0.2, 0) is 11.2 Å². The fourth-order valence-corrected chi connectivity index (χ4v) is 2.15. The summed E-state index contributed by atoms with van der Waals surface area (Å²) < 4.78 is 23.7. The minimum Gasteiger partial charge on any atom is -0.416 e. The molecule has 0 aliphatic rings. The minimum atomic E-state index is -0.261. The topological polar surface area (TPSA) is 48.2 Å². The van der Waals surface area contributed by atoms with E-state index in [4.69, 9.17) is 9.15 Å². The van der Waals surface area contributed by atoms with Crippen molar-refractivity contribution in [3.8, 4) is 0 Å². The number of aromatic nitrogens is 2. The molecule has 6 heteroatoms. The Balaban J connectivity index is 1.87. The third-order valence-electron chi connectivity index (χ3n) is 2.35. The second-order valence-electron chi connectivity index (χ2n) is 3.81. The molecule has 1 aromatic carbocycles. The number of benzene rings is 1. The summed E-state index contributed by atoms with van der Waals surface area (Å²) in [5, 5.41) is 8.39. The number of ether oxygens (including phenoxy) is 1. The van der Waals surface area contributed by atoms with Crippen LogP contribution < -0.4 is 0 Å². The van der Waals surface area contributed by atoms with Crippen molar-refractivity contribution in [2.24, 2.45) is 0 Å². The maximum atomic E-state index is 13.0. The Labute approximate surface area is 115 Å². The fourth-order valence-electron chi connectivity index (χ4n) is 1.52. The highest BCUT2D eigenvalue weighted by Crippen LogP contribution is 2.17. The Morgan fingerprint density at radius 3 is 3.05 bits per heavy atom. The van der Waals surface area contributed by atoms with Gasteiger partial charge in [0.15, 0.2) is 0 Å². The fraction of sp³-hybridized carbons (Fsp3) is 0.385. The molecule has 0 N–H and O–H groups in total. The first-order valence-electron chi connectivity index (χ1n) is 6.05. The first-order chi connectivity index (χ1) is 9.28. The van der Waals surface area contributed by atoms with Crippen molar-refractivity contribution in [3.63, 3.8) is 0 Å². The van der Waals surface area contributed by atoms with Gasteiger partial charge in [0.25, 0.3) is 5.22 Å². The zero-order valence-electron chi connectivity index (χ0n) is 10.6. The van der Waals surface area contributed by atoms with E-state index in [1.165, 1.54) is 23.9 Å². The molecular formula is C13H15FN2O2S. The lowest BCUT2D eigenvalue weighted by atomic mass is 10.1. The van der Waals surface area contributed by atoms with E-state index in [9.17, 15) is 4.39 Å². The van der Waals surface area contributed by atoms with Gasteiger partial charge in [0.1, 0.15) is 5.82 Å². The molecule has 0 amide bonds. The van der Waals surface area contributed by atoms with Crippen LogP contribution in [0.2, 0.25) is 0 Å². The number of nitrogens with zero attached hydrogens (tertiary/aromatic N) is 2. The molecule has 0 saturated carbocycles. The largest absolute Gasteiger partial charge is 0.416 e. The average molecular weight is 282 g/mol. The molecule has 0 aliphatic heterocycles. The molecule has 0 aliphatic carbocycles. The minimum absolute atomic E-state index is 0.261. The first-order valence-corrected chi connectivity index (χ1v) is 7.04. The average Bonchev–Trinajstić information content (AvgIpc) is 2.82. The van der Waals surface area contributed by atoms with Gasteiger partial charge in [-0.1, -0.05) is 23.9 Å². The quantitative estimate of drug-likeness (QED) is 0.577. The second-order valence-corrected chi connectivity index (χ2v) is 4.86. The van der Waals surface area contributed by atoms with Crippen LogP contribution in [0.5, 0.6) is 0 Å². The summed E-state index contributed by atoms with van der Waals surface area (Å²) >= 11 is 1.46. The van der Waals surface area contributed by atoms with E-state index in [0.29, 0.717) is 30.7 Å². The standard InChI is InChI=1S/C13H15FN2O2S/c1-2-17-6-7-19-13-16-15-12(18-13)9-10-4-3-5-11(14)8-10/h3-5,8H,2,6-7,9H2,1H3. The summed E-state index contributed by atoms with van der Waals surface area (Å²) in [4.78, 5) is 0. The number of hydrogen-bond acceptors (Lipinski definition) is 5. The molecule has 0 spiro atoms. The van der Waals surface area contributed by atoms with Crippen LogP contribution in [0.1, 0.15) is 18.4 Å². The summed E-state index contributed by atoms with van der Waals surface area (Å²) in [7, 11) is 0. The lowest BCUT2D eigenvalue weighted by Gasteiger charge is -1.97. The zero-order chi connectivity index (χ0) is 13.5. The van der Waals surface area contributed by atoms with Crippen LogP contribution in [-0.4, -0.2) is 29.2 Å². The molecule has 4 nitrogen and oxygen atoms in total. The smallest absolute Gasteiger partial charge is 0.276 e. The zero-order valence-corrected chi connectivity index (χ0v) is 11.5.